The smallest absolute Gasteiger partial charge is 0.243 e. The molecule has 1 aliphatic heterocycles. The van der Waals surface area contributed by atoms with E-state index in [4.69, 9.17) is 16.3 Å². The molecule has 9 nitrogen and oxygen atoms in total. The largest absolute Gasteiger partial charge is 0.492 e. The standard InChI is InChI=1S/C22H28ClN3O6S2/c1-3-32-21-11-10-19(14-20(21)23)33(28,29)25-16(2)22(27)24-15-17-6-8-18(9-7-17)34(30,31)26-12-4-5-13-26/h6-11,14,16,25H,3-5,12-13,15H2,1-2H3,(H,24,27)/t16-/m0/s1. The number of hydrogen-bond acceptors (Lipinski definition) is 6. The molecule has 0 aromatic heterocycles. The van der Waals surface area contributed by atoms with Crippen molar-refractivity contribution in [1.29, 1.82) is 0 Å². The number of nitrogens with zero attached hydrogens (tertiary/aromatic N) is 1. The van der Waals surface area contributed by atoms with Crippen LogP contribution in [0.2, 0.25) is 5.02 Å². The number of carbonyl (C=O) groups excluding carboxylic acids is 1. The summed E-state index contributed by atoms with van der Waals surface area (Å²) < 4.78 is 59.6. The molecule has 0 bridgehead atoms. The maximum absolute atomic E-state index is 12.6. The summed E-state index contributed by atoms with van der Waals surface area (Å²) in [5.41, 5.74) is 0.682. The minimum atomic E-state index is -3.99. The Hall–Kier alpha value is -2.18. The van der Waals surface area contributed by atoms with E-state index in [0.29, 0.717) is 31.0 Å². The van der Waals surface area contributed by atoms with E-state index in [2.05, 4.69) is 10.0 Å². The van der Waals surface area contributed by atoms with Gasteiger partial charge in [-0.2, -0.15) is 9.03 Å². The Kier molecular flexibility index (Phi) is 8.58. The lowest BCUT2D eigenvalue weighted by Crippen LogP contribution is -2.44. The topological polar surface area (TPSA) is 122 Å². The maximum atomic E-state index is 12.6. The Balaban J connectivity index is 1.58. The van der Waals surface area contributed by atoms with Gasteiger partial charge in [-0.3, -0.25) is 4.79 Å². The van der Waals surface area contributed by atoms with E-state index in [9.17, 15) is 21.6 Å². The molecule has 1 amide bonds. The van der Waals surface area contributed by atoms with Crippen LogP contribution < -0.4 is 14.8 Å². The van der Waals surface area contributed by atoms with Crippen LogP contribution >= 0.6 is 11.6 Å². The zero-order valence-electron chi connectivity index (χ0n) is 19.0. The summed E-state index contributed by atoms with van der Waals surface area (Å²) in [6.07, 6.45) is 1.72. The van der Waals surface area contributed by atoms with Gasteiger partial charge in [0.15, 0.2) is 0 Å². The molecule has 186 valence electrons. The summed E-state index contributed by atoms with van der Waals surface area (Å²) in [4.78, 5) is 12.6. The first-order chi connectivity index (χ1) is 16.0. The Bertz CT molecular complexity index is 1230. The summed E-state index contributed by atoms with van der Waals surface area (Å²) in [6.45, 7) is 4.76. The number of sulfonamides is 2. The first kappa shape index (κ1) is 26.4. The number of ether oxygens (including phenoxy) is 1. The second kappa shape index (κ2) is 11.0. The van der Waals surface area contributed by atoms with Crippen molar-refractivity contribution < 1.29 is 26.4 Å². The highest BCUT2D eigenvalue weighted by Gasteiger charge is 2.27. The van der Waals surface area contributed by atoms with Crippen LogP contribution in [0, 0.1) is 0 Å². The van der Waals surface area contributed by atoms with Gasteiger partial charge >= 0.3 is 0 Å². The fourth-order valence-corrected chi connectivity index (χ4v) is 6.52. The minimum Gasteiger partial charge on any atom is -0.492 e. The van der Waals surface area contributed by atoms with Crippen molar-refractivity contribution in [3.63, 3.8) is 0 Å². The summed E-state index contributed by atoms with van der Waals surface area (Å²) in [5, 5.41) is 2.80. The average molecular weight is 530 g/mol. The van der Waals surface area contributed by atoms with E-state index in [1.54, 1.807) is 19.1 Å². The van der Waals surface area contributed by atoms with Gasteiger partial charge in [0.1, 0.15) is 5.75 Å². The van der Waals surface area contributed by atoms with Gasteiger partial charge in [-0.05, 0) is 62.6 Å². The molecule has 1 fully saturated rings. The molecule has 2 aromatic rings. The van der Waals surface area contributed by atoms with Crippen molar-refractivity contribution in [3.05, 3.63) is 53.1 Å². The predicted molar refractivity (Wildman–Crippen MR) is 129 cm³/mol. The Morgan fingerprint density at radius 2 is 1.68 bits per heavy atom. The number of hydrogen-bond donors (Lipinski definition) is 2. The van der Waals surface area contributed by atoms with Gasteiger partial charge in [0, 0.05) is 19.6 Å². The molecule has 1 atom stereocenters. The van der Waals surface area contributed by atoms with E-state index >= 15 is 0 Å². The van der Waals surface area contributed by atoms with Crippen molar-refractivity contribution in [2.75, 3.05) is 19.7 Å². The van der Waals surface area contributed by atoms with E-state index in [1.807, 2.05) is 0 Å². The Labute approximate surface area is 205 Å². The number of halogens is 1. The normalized spacial score (nSPS) is 15.7. The van der Waals surface area contributed by atoms with E-state index in [0.717, 1.165) is 12.8 Å². The third-order valence-corrected chi connectivity index (χ3v) is 9.08. The lowest BCUT2D eigenvalue weighted by atomic mass is 10.2. The lowest BCUT2D eigenvalue weighted by Gasteiger charge is -2.16. The Morgan fingerprint density at radius 1 is 1.06 bits per heavy atom. The van der Waals surface area contributed by atoms with Gasteiger partial charge < -0.3 is 10.1 Å². The molecular formula is C22H28ClN3O6S2. The minimum absolute atomic E-state index is 0.0876. The van der Waals surface area contributed by atoms with Crippen LogP contribution in [0.1, 0.15) is 32.3 Å². The first-order valence-corrected chi connectivity index (χ1v) is 14.2. The number of benzene rings is 2. The zero-order chi connectivity index (χ0) is 24.9. The molecule has 1 saturated heterocycles. The van der Waals surface area contributed by atoms with Crippen LogP contribution in [0.25, 0.3) is 0 Å². The molecule has 1 aliphatic rings. The second-order valence-electron chi connectivity index (χ2n) is 7.84. The highest BCUT2D eigenvalue weighted by molar-refractivity contribution is 7.89. The van der Waals surface area contributed by atoms with Gasteiger partial charge in [-0.25, -0.2) is 16.8 Å². The molecule has 3 rings (SSSR count). The number of amides is 1. The van der Waals surface area contributed by atoms with Crippen molar-refractivity contribution in [2.24, 2.45) is 0 Å². The molecule has 12 heteroatoms. The predicted octanol–water partition coefficient (Wildman–Crippen LogP) is 2.51. The summed E-state index contributed by atoms with van der Waals surface area (Å²) >= 11 is 6.07. The van der Waals surface area contributed by atoms with Crippen molar-refractivity contribution >= 4 is 37.6 Å². The van der Waals surface area contributed by atoms with Crippen LogP contribution in [0.3, 0.4) is 0 Å². The molecule has 0 spiro atoms. The fraction of sp³-hybridized carbons (Fsp3) is 0.409. The molecule has 0 saturated carbocycles. The first-order valence-electron chi connectivity index (χ1n) is 10.9. The van der Waals surface area contributed by atoms with Crippen LogP contribution in [0.5, 0.6) is 5.75 Å². The number of nitrogens with one attached hydrogen (secondary N) is 2. The summed E-state index contributed by atoms with van der Waals surface area (Å²) in [7, 11) is -7.50. The van der Waals surface area contributed by atoms with E-state index in [1.165, 1.54) is 41.6 Å². The van der Waals surface area contributed by atoms with Crippen molar-refractivity contribution in [1.82, 2.24) is 14.3 Å². The Morgan fingerprint density at radius 3 is 2.26 bits per heavy atom. The quantitative estimate of drug-likeness (QED) is 0.487. The van der Waals surface area contributed by atoms with Gasteiger partial charge in [-0.1, -0.05) is 23.7 Å². The van der Waals surface area contributed by atoms with E-state index in [-0.39, 0.29) is 21.4 Å². The van der Waals surface area contributed by atoms with Crippen molar-refractivity contribution in [2.45, 2.75) is 49.1 Å². The second-order valence-corrected chi connectivity index (χ2v) is 11.9. The molecule has 0 unspecified atom stereocenters. The van der Waals surface area contributed by atoms with Crippen LogP contribution in [-0.4, -0.2) is 52.8 Å². The molecule has 0 aliphatic carbocycles. The molecule has 1 heterocycles. The van der Waals surface area contributed by atoms with Crippen LogP contribution in [0.15, 0.2) is 52.3 Å². The van der Waals surface area contributed by atoms with Gasteiger partial charge in [0.25, 0.3) is 0 Å². The third kappa shape index (κ3) is 6.28. The van der Waals surface area contributed by atoms with E-state index < -0.39 is 32.0 Å². The lowest BCUT2D eigenvalue weighted by molar-refractivity contribution is -0.122. The third-order valence-electron chi connectivity index (χ3n) is 5.33. The van der Waals surface area contributed by atoms with Crippen LogP contribution in [-0.2, 0) is 31.4 Å². The monoisotopic (exact) mass is 529 g/mol. The average Bonchev–Trinajstić information content (AvgIpc) is 3.35. The molecule has 2 N–H and O–H groups in total. The number of carbonyl (C=O) groups is 1. The SMILES string of the molecule is CCOc1ccc(S(=O)(=O)N[C@@H](C)C(=O)NCc2ccc(S(=O)(=O)N3CCCC3)cc2)cc1Cl. The van der Waals surface area contributed by atoms with Crippen molar-refractivity contribution in [3.8, 4) is 5.75 Å². The zero-order valence-corrected chi connectivity index (χ0v) is 21.3. The van der Waals surface area contributed by atoms with Gasteiger partial charge in [-0.15, -0.1) is 0 Å². The molecule has 34 heavy (non-hydrogen) atoms. The highest BCUT2D eigenvalue weighted by Crippen LogP contribution is 2.27. The molecule has 0 radical (unpaired) electrons. The number of rotatable bonds is 10. The molecule has 2 aromatic carbocycles. The highest BCUT2D eigenvalue weighted by atomic mass is 35.5. The van der Waals surface area contributed by atoms with Crippen LogP contribution in [0.4, 0.5) is 0 Å². The van der Waals surface area contributed by atoms with Gasteiger partial charge in [0.05, 0.1) is 27.5 Å². The van der Waals surface area contributed by atoms with Gasteiger partial charge in [0.2, 0.25) is 26.0 Å². The summed E-state index contributed by atoms with van der Waals surface area (Å²) in [5.74, 6) is -0.164. The maximum Gasteiger partial charge on any atom is 0.243 e. The molecular weight excluding hydrogens is 502 g/mol. The summed E-state index contributed by atoms with van der Waals surface area (Å²) in [6, 6.07) is 9.29. The fourth-order valence-electron chi connectivity index (χ4n) is 3.47.